The lowest BCUT2D eigenvalue weighted by atomic mass is 9.99. The van der Waals surface area contributed by atoms with Crippen LogP contribution in [0.25, 0.3) is 0 Å². The van der Waals surface area contributed by atoms with E-state index in [1.54, 1.807) is 62.4 Å². The number of carbonyl (C=O) groups is 2. The van der Waals surface area contributed by atoms with E-state index in [9.17, 15) is 26.4 Å². The van der Waals surface area contributed by atoms with E-state index in [1.165, 1.54) is 60.7 Å². The topological polar surface area (TPSA) is 176 Å². The molecule has 5 rings (SSSR count). The lowest BCUT2D eigenvalue weighted by molar-refractivity contribution is -0.289. The van der Waals surface area contributed by atoms with E-state index < -0.39 is 69.9 Å². The van der Waals surface area contributed by atoms with Crippen molar-refractivity contribution >= 4 is 32.5 Å². The molecule has 4 aromatic rings. The van der Waals surface area contributed by atoms with Crippen molar-refractivity contribution in [2.24, 2.45) is 0 Å². The minimum atomic E-state index is -4.70. The Morgan fingerprint density at radius 1 is 0.608 bits per heavy atom. The van der Waals surface area contributed by atoms with E-state index in [0.717, 1.165) is 18.2 Å². The molecule has 14 nitrogen and oxygen atoms in total. The number of carbonyl (C=O) groups excluding carboxylic acids is 2. The van der Waals surface area contributed by atoms with Gasteiger partial charge in [0.05, 0.1) is 16.4 Å². The third kappa shape index (κ3) is 9.90. The van der Waals surface area contributed by atoms with E-state index in [2.05, 4.69) is 0 Å². The first kappa shape index (κ1) is 37.4. The number of ether oxygens (including phenoxy) is 6. The average molecular weight is 743 g/mol. The van der Waals surface area contributed by atoms with Gasteiger partial charge in [-0.15, -0.1) is 0 Å². The second kappa shape index (κ2) is 16.5. The summed E-state index contributed by atoms with van der Waals surface area (Å²) in [6, 6.07) is 27.0. The van der Waals surface area contributed by atoms with Crippen LogP contribution in [0.5, 0.6) is 11.5 Å². The van der Waals surface area contributed by atoms with E-state index in [0.29, 0.717) is 0 Å². The monoisotopic (exact) mass is 742 g/mol. The van der Waals surface area contributed by atoms with Crippen molar-refractivity contribution in [3.63, 3.8) is 0 Å². The number of rotatable bonds is 12. The van der Waals surface area contributed by atoms with Crippen LogP contribution in [-0.2, 0) is 47.5 Å². The van der Waals surface area contributed by atoms with Gasteiger partial charge in [-0.05, 0) is 62.4 Å². The molecule has 270 valence electrons. The maximum absolute atomic E-state index is 13.7. The van der Waals surface area contributed by atoms with Crippen molar-refractivity contribution in [3.05, 3.63) is 120 Å². The fraction of sp³-hybridized carbons (Fsp3) is 0.257. The number of benzene rings is 4. The van der Waals surface area contributed by atoms with Crippen LogP contribution in [0.4, 0.5) is 9.59 Å². The summed E-state index contributed by atoms with van der Waals surface area (Å²) in [6.07, 6.45) is -11.5. The highest BCUT2D eigenvalue weighted by Crippen LogP contribution is 2.33. The Bertz CT molecular complexity index is 1990. The standard InChI is InChI=1S/C35H34O14S2/c1-23-14-18-27(19-15-23)50(38,39)43-22-29-30(49-51(40,41)28-20-16-24(2)17-21-28)31(47-34(36)44-25-10-6-4-7-11-25)32(33(42-3)46-29)48-35(37)45-26-12-8-5-9-13-26/h4-21,29-33H,22H2,1-3H3/t29-,30+,31+,32-,33+/m0/s1. The maximum atomic E-state index is 13.7. The highest BCUT2D eigenvalue weighted by Gasteiger charge is 2.54. The van der Waals surface area contributed by atoms with Crippen molar-refractivity contribution in [2.45, 2.75) is 54.3 Å². The first-order chi connectivity index (χ1) is 24.3. The second-order valence-electron chi connectivity index (χ2n) is 11.2. The van der Waals surface area contributed by atoms with Crippen molar-refractivity contribution in [2.75, 3.05) is 13.7 Å². The molecule has 5 atom stereocenters. The van der Waals surface area contributed by atoms with E-state index in [4.69, 9.17) is 36.8 Å². The summed E-state index contributed by atoms with van der Waals surface area (Å²) < 4.78 is 97.7. The van der Waals surface area contributed by atoms with Gasteiger partial charge in [0, 0.05) is 7.11 Å². The highest BCUT2D eigenvalue weighted by atomic mass is 32.2. The molecule has 0 saturated carbocycles. The molecule has 0 spiro atoms. The van der Waals surface area contributed by atoms with Crippen LogP contribution < -0.4 is 9.47 Å². The van der Waals surface area contributed by atoms with E-state index in [-0.39, 0.29) is 21.3 Å². The SMILES string of the molecule is CO[C@@H]1O[C@@H](COS(=O)(=O)c2ccc(C)cc2)[C@@H](OS(=O)(=O)c2ccc(C)cc2)[C@@H](OC(=O)Oc2ccccc2)[C@@H]1OC(=O)Oc1ccccc1. The smallest absolute Gasteiger partial charge is 0.424 e. The molecule has 0 bridgehead atoms. The van der Waals surface area contributed by atoms with Crippen LogP contribution in [0.2, 0.25) is 0 Å². The maximum Gasteiger partial charge on any atom is 0.514 e. The summed E-state index contributed by atoms with van der Waals surface area (Å²) in [5.41, 5.74) is 1.54. The number of para-hydroxylation sites is 2. The average Bonchev–Trinajstić information content (AvgIpc) is 3.10. The second-order valence-corrected chi connectivity index (χ2v) is 14.3. The fourth-order valence-electron chi connectivity index (χ4n) is 4.85. The minimum absolute atomic E-state index is 0.0626. The van der Waals surface area contributed by atoms with Crippen LogP contribution in [0, 0.1) is 13.8 Å². The minimum Gasteiger partial charge on any atom is -0.424 e. The van der Waals surface area contributed by atoms with Gasteiger partial charge >= 0.3 is 12.3 Å². The third-order valence-corrected chi connectivity index (χ3v) is 10.0. The molecule has 1 aliphatic heterocycles. The predicted molar refractivity (Wildman–Crippen MR) is 178 cm³/mol. The van der Waals surface area contributed by atoms with Crippen molar-refractivity contribution in [1.29, 1.82) is 0 Å². The zero-order chi connectivity index (χ0) is 36.6. The molecule has 1 heterocycles. The Balaban J connectivity index is 1.52. The molecule has 1 fully saturated rings. The zero-order valence-corrected chi connectivity index (χ0v) is 29.2. The van der Waals surface area contributed by atoms with Gasteiger partial charge in [-0.25, -0.2) is 9.59 Å². The van der Waals surface area contributed by atoms with Gasteiger partial charge in [-0.1, -0.05) is 71.8 Å². The summed E-state index contributed by atoms with van der Waals surface area (Å²) in [5, 5.41) is 0. The number of methoxy groups -OCH3 is 1. The van der Waals surface area contributed by atoms with Gasteiger partial charge in [0.15, 0.2) is 18.5 Å². The molecule has 1 aliphatic rings. The van der Waals surface area contributed by atoms with Gasteiger partial charge in [0.25, 0.3) is 20.2 Å². The number of hydrogen-bond acceptors (Lipinski definition) is 14. The van der Waals surface area contributed by atoms with Gasteiger partial charge in [0.2, 0.25) is 0 Å². The van der Waals surface area contributed by atoms with Crippen molar-refractivity contribution in [3.8, 4) is 11.5 Å². The van der Waals surface area contributed by atoms with Gasteiger partial charge in [0.1, 0.15) is 23.7 Å². The van der Waals surface area contributed by atoms with Crippen LogP contribution in [0.1, 0.15) is 11.1 Å². The molecule has 1 saturated heterocycles. The van der Waals surface area contributed by atoms with Gasteiger partial charge < -0.3 is 28.4 Å². The van der Waals surface area contributed by atoms with Crippen molar-refractivity contribution < 1.29 is 63.2 Å². The Labute approximate surface area is 295 Å². The van der Waals surface area contributed by atoms with Crippen LogP contribution >= 0.6 is 0 Å². The normalized spacial score (nSPS) is 20.6. The fourth-order valence-corrected chi connectivity index (χ4v) is 6.88. The highest BCUT2D eigenvalue weighted by molar-refractivity contribution is 7.87. The number of aryl methyl sites for hydroxylation is 2. The largest absolute Gasteiger partial charge is 0.514 e. The lowest BCUT2D eigenvalue weighted by Crippen LogP contribution is -2.63. The molecule has 0 amide bonds. The molecule has 0 N–H and O–H groups in total. The van der Waals surface area contributed by atoms with Crippen LogP contribution in [0.3, 0.4) is 0 Å². The summed E-state index contributed by atoms with van der Waals surface area (Å²) in [7, 11) is -7.98. The molecular formula is C35H34O14S2. The van der Waals surface area contributed by atoms with E-state index >= 15 is 0 Å². The number of hydrogen-bond donors (Lipinski definition) is 0. The molecule has 51 heavy (non-hydrogen) atoms. The Morgan fingerprint density at radius 3 is 1.53 bits per heavy atom. The molecule has 0 radical (unpaired) electrons. The third-order valence-electron chi connectivity index (χ3n) is 7.42. The first-order valence-corrected chi connectivity index (χ1v) is 18.2. The Kier molecular flexibility index (Phi) is 12.1. The Hall–Kier alpha value is -4.84. The molecule has 0 aliphatic carbocycles. The summed E-state index contributed by atoms with van der Waals surface area (Å²) in [6.45, 7) is 2.65. The lowest BCUT2D eigenvalue weighted by Gasteiger charge is -2.43. The quantitative estimate of drug-likeness (QED) is 0.104. The molecule has 16 heteroatoms. The van der Waals surface area contributed by atoms with Gasteiger partial charge in [-0.2, -0.15) is 16.8 Å². The van der Waals surface area contributed by atoms with Gasteiger partial charge in [-0.3, -0.25) is 8.37 Å². The zero-order valence-electron chi connectivity index (χ0n) is 27.5. The predicted octanol–water partition coefficient (Wildman–Crippen LogP) is 5.32. The molecule has 0 aromatic heterocycles. The molecular weight excluding hydrogens is 709 g/mol. The molecule has 0 unspecified atom stereocenters. The summed E-state index contributed by atoms with van der Waals surface area (Å²) >= 11 is 0. The molecule has 4 aromatic carbocycles. The Morgan fingerprint density at radius 2 is 1.06 bits per heavy atom. The summed E-state index contributed by atoms with van der Waals surface area (Å²) in [5.74, 6) is 0.157. The van der Waals surface area contributed by atoms with E-state index in [1.807, 2.05) is 0 Å². The summed E-state index contributed by atoms with van der Waals surface area (Å²) in [4.78, 5) is 25.8. The van der Waals surface area contributed by atoms with Crippen molar-refractivity contribution in [1.82, 2.24) is 0 Å². The first-order valence-electron chi connectivity index (χ1n) is 15.4. The van der Waals surface area contributed by atoms with Crippen LogP contribution in [0.15, 0.2) is 119 Å². The van der Waals surface area contributed by atoms with Crippen LogP contribution in [-0.4, -0.2) is 73.6 Å².